The number of carbonyl (C=O) groups excluding carboxylic acids is 1. The van der Waals surface area contributed by atoms with E-state index in [4.69, 9.17) is 9.57 Å². The van der Waals surface area contributed by atoms with Crippen LogP contribution in [0.25, 0.3) is 0 Å². The summed E-state index contributed by atoms with van der Waals surface area (Å²) in [4.78, 5) is 16.5. The first kappa shape index (κ1) is 24.5. The summed E-state index contributed by atoms with van der Waals surface area (Å²) < 4.78 is 5.85. The van der Waals surface area contributed by atoms with Crippen LogP contribution in [0.15, 0.2) is 18.2 Å². The van der Waals surface area contributed by atoms with E-state index in [1.54, 1.807) is 6.07 Å². The van der Waals surface area contributed by atoms with Crippen LogP contribution in [0.2, 0.25) is 0 Å². The van der Waals surface area contributed by atoms with Crippen LogP contribution in [0, 0.1) is 0 Å². The van der Waals surface area contributed by atoms with Gasteiger partial charge in [0.15, 0.2) is 0 Å². The van der Waals surface area contributed by atoms with E-state index in [1.807, 2.05) is 6.07 Å². The maximum atomic E-state index is 11.5. The van der Waals surface area contributed by atoms with E-state index >= 15 is 0 Å². The molecule has 0 unspecified atom stereocenters. The van der Waals surface area contributed by atoms with Crippen molar-refractivity contribution in [2.24, 2.45) is 0 Å². The van der Waals surface area contributed by atoms with Crippen molar-refractivity contribution in [3.05, 3.63) is 23.8 Å². The lowest BCUT2D eigenvalue weighted by molar-refractivity contribution is -0.151. The summed E-state index contributed by atoms with van der Waals surface area (Å²) in [6, 6.07) is 6.03. The number of unbranched alkanes of at least 4 members (excludes halogenated alkanes) is 9. The Labute approximate surface area is 182 Å². The average molecular weight is 420 g/mol. The van der Waals surface area contributed by atoms with Gasteiger partial charge in [-0.1, -0.05) is 58.3 Å². The number of phenols is 1. The molecule has 0 radical (unpaired) electrons. The zero-order chi connectivity index (χ0) is 21.4. The van der Waals surface area contributed by atoms with E-state index in [0.29, 0.717) is 24.8 Å². The minimum atomic E-state index is -0.123. The monoisotopic (exact) mass is 419 g/mol. The number of rotatable bonds is 18. The second kappa shape index (κ2) is 15.1. The molecule has 0 saturated heterocycles. The average Bonchev–Trinajstić information content (AvgIpc) is 3.55. The van der Waals surface area contributed by atoms with Crippen molar-refractivity contribution in [1.29, 1.82) is 0 Å². The lowest BCUT2D eigenvalue weighted by atomic mass is 10.1. The molecule has 1 saturated carbocycles. The molecule has 1 aliphatic carbocycles. The van der Waals surface area contributed by atoms with E-state index < -0.39 is 0 Å². The lowest BCUT2D eigenvalue weighted by Gasteiger charge is -2.09. The Hall–Kier alpha value is -1.75. The number of hydrogen-bond donors (Lipinski definition) is 2. The molecule has 0 heterocycles. The number of nitrogens with one attached hydrogen (secondary N) is 1. The number of hydroxylamine groups is 1. The highest BCUT2D eigenvalue weighted by molar-refractivity contribution is 5.68. The number of aromatic hydroxyl groups is 1. The molecule has 0 atom stereocenters. The fraction of sp³-hybridized carbons (Fsp3) is 0.720. The Bertz CT molecular complexity index is 601. The minimum Gasteiger partial charge on any atom is -0.508 e. The van der Waals surface area contributed by atoms with Gasteiger partial charge in [0.1, 0.15) is 11.5 Å². The van der Waals surface area contributed by atoms with Crippen LogP contribution in [0.5, 0.6) is 11.5 Å². The summed E-state index contributed by atoms with van der Waals surface area (Å²) in [5.41, 5.74) is 3.95. The van der Waals surface area contributed by atoms with E-state index in [2.05, 4.69) is 18.5 Å². The van der Waals surface area contributed by atoms with Crippen molar-refractivity contribution in [2.75, 3.05) is 6.61 Å². The SMILES string of the molecule is CCCCCc1cc(O)cc(OCCCCCCCCCCC(=O)ONC2CC2)c1. The first-order chi connectivity index (χ1) is 14.7. The molecule has 1 fully saturated rings. The van der Waals surface area contributed by atoms with Gasteiger partial charge in [-0.05, 0) is 56.2 Å². The fourth-order valence-corrected chi connectivity index (χ4v) is 3.47. The highest BCUT2D eigenvalue weighted by atomic mass is 16.7. The molecule has 5 heteroatoms. The van der Waals surface area contributed by atoms with Crippen LogP contribution >= 0.6 is 0 Å². The molecule has 170 valence electrons. The van der Waals surface area contributed by atoms with Gasteiger partial charge in [-0.2, -0.15) is 5.48 Å². The lowest BCUT2D eigenvalue weighted by Crippen LogP contribution is -2.21. The van der Waals surface area contributed by atoms with Crippen molar-refractivity contribution >= 4 is 5.97 Å². The van der Waals surface area contributed by atoms with Gasteiger partial charge < -0.3 is 14.7 Å². The van der Waals surface area contributed by atoms with E-state index in [-0.39, 0.29) is 5.97 Å². The molecule has 0 amide bonds. The van der Waals surface area contributed by atoms with Crippen molar-refractivity contribution in [2.45, 2.75) is 109 Å². The third-order valence-corrected chi connectivity index (χ3v) is 5.48. The third-order valence-electron chi connectivity index (χ3n) is 5.48. The highest BCUT2D eigenvalue weighted by Crippen LogP contribution is 2.23. The van der Waals surface area contributed by atoms with Crippen LogP contribution in [-0.4, -0.2) is 23.7 Å². The fourth-order valence-electron chi connectivity index (χ4n) is 3.47. The summed E-state index contributed by atoms with van der Waals surface area (Å²) in [5, 5.41) is 9.88. The predicted molar refractivity (Wildman–Crippen MR) is 121 cm³/mol. The Balaban J connectivity index is 1.40. The molecule has 30 heavy (non-hydrogen) atoms. The van der Waals surface area contributed by atoms with Crippen molar-refractivity contribution in [1.82, 2.24) is 5.48 Å². The molecule has 1 aromatic carbocycles. The molecule has 1 aliphatic rings. The van der Waals surface area contributed by atoms with Gasteiger partial charge in [0.2, 0.25) is 0 Å². The maximum Gasteiger partial charge on any atom is 0.324 e. The normalized spacial score (nSPS) is 13.4. The molecular weight excluding hydrogens is 378 g/mol. The van der Waals surface area contributed by atoms with Crippen LogP contribution in [0.4, 0.5) is 0 Å². The minimum absolute atomic E-state index is 0.123. The smallest absolute Gasteiger partial charge is 0.324 e. The number of ether oxygens (including phenoxy) is 1. The van der Waals surface area contributed by atoms with E-state index in [1.165, 1.54) is 44.9 Å². The molecule has 0 spiro atoms. The van der Waals surface area contributed by atoms with Crippen LogP contribution in [0.1, 0.15) is 102 Å². The topological polar surface area (TPSA) is 67.8 Å². The summed E-state index contributed by atoms with van der Waals surface area (Å²) in [7, 11) is 0. The maximum absolute atomic E-state index is 11.5. The van der Waals surface area contributed by atoms with Gasteiger partial charge >= 0.3 is 5.97 Å². The molecule has 1 aromatic rings. The van der Waals surface area contributed by atoms with Crippen molar-refractivity contribution in [3.8, 4) is 11.5 Å². The predicted octanol–water partition coefficient (Wildman–Crippen LogP) is 6.22. The van der Waals surface area contributed by atoms with Gasteiger partial charge in [-0.15, -0.1) is 0 Å². The Morgan fingerprint density at radius 1 is 0.967 bits per heavy atom. The van der Waals surface area contributed by atoms with Gasteiger partial charge in [-0.3, -0.25) is 4.79 Å². The number of benzene rings is 1. The van der Waals surface area contributed by atoms with Gasteiger partial charge in [-0.25, -0.2) is 0 Å². The van der Waals surface area contributed by atoms with Crippen molar-refractivity contribution in [3.63, 3.8) is 0 Å². The van der Waals surface area contributed by atoms with E-state index in [0.717, 1.165) is 56.3 Å². The first-order valence-corrected chi connectivity index (χ1v) is 12.1. The van der Waals surface area contributed by atoms with Gasteiger partial charge in [0, 0.05) is 18.5 Å². The Kier molecular flexibility index (Phi) is 12.4. The molecular formula is C25H41NO4. The van der Waals surface area contributed by atoms with E-state index in [9.17, 15) is 9.90 Å². The first-order valence-electron chi connectivity index (χ1n) is 12.1. The standard InChI is InChI=1S/C25H41NO4/c1-2-3-10-13-21-18-23(27)20-24(19-21)29-17-12-9-7-5-4-6-8-11-14-25(28)30-26-22-15-16-22/h18-20,22,26-27H,2-17H2,1H3. The molecule has 2 N–H and O–H groups in total. The molecule has 0 bridgehead atoms. The Morgan fingerprint density at radius 2 is 1.67 bits per heavy atom. The number of phenolic OH excluding ortho intramolecular Hbond substituents is 1. The summed E-state index contributed by atoms with van der Waals surface area (Å²) in [6.45, 7) is 2.90. The number of hydrogen-bond acceptors (Lipinski definition) is 5. The van der Waals surface area contributed by atoms with Gasteiger partial charge in [0.05, 0.1) is 6.61 Å². The quantitative estimate of drug-likeness (QED) is 0.218. The number of aryl methyl sites for hydroxylation is 1. The molecule has 5 nitrogen and oxygen atoms in total. The summed E-state index contributed by atoms with van der Waals surface area (Å²) in [6.07, 6.45) is 16.4. The van der Waals surface area contributed by atoms with Crippen LogP contribution in [-0.2, 0) is 16.1 Å². The highest BCUT2D eigenvalue weighted by Gasteiger charge is 2.22. The molecule has 0 aromatic heterocycles. The van der Waals surface area contributed by atoms with Gasteiger partial charge in [0.25, 0.3) is 0 Å². The second-order valence-corrected chi connectivity index (χ2v) is 8.59. The van der Waals surface area contributed by atoms with Crippen molar-refractivity contribution < 1.29 is 19.5 Å². The molecule has 2 rings (SSSR count). The second-order valence-electron chi connectivity index (χ2n) is 8.59. The molecule has 0 aliphatic heterocycles. The largest absolute Gasteiger partial charge is 0.508 e. The number of carbonyl (C=O) groups is 1. The summed E-state index contributed by atoms with van der Waals surface area (Å²) >= 11 is 0. The zero-order valence-electron chi connectivity index (χ0n) is 18.8. The summed E-state index contributed by atoms with van der Waals surface area (Å²) in [5.74, 6) is 0.959. The van der Waals surface area contributed by atoms with Crippen LogP contribution < -0.4 is 10.2 Å². The zero-order valence-corrected chi connectivity index (χ0v) is 18.8. The Morgan fingerprint density at radius 3 is 2.37 bits per heavy atom. The third kappa shape index (κ3) is 12.1. The van der Waals surface area contributed by atoms with Crippen LogP contribution in [0.3, 0.4) is 0 Å².